The molecule has 230 valence electrons. The molecule has 0 spiro atoms. The van der Waals surface area contributed by atoms with E-state index < -0.39 is 11.0 Å². The molecular formula is C32H41N5O5S. The topological polar surface area (TPSA) is 139 Å². The zero-order chi connectivity index (χ0) is 30.6. The van der Waals surface area contributed by atoms with E-state index in [0.717, 1.165) is 23.9 Å². The van der Waals surface area contributed by atoms with E-state index >= 15 is 0 Å². The Morgan fingerprint density at radius 1 is 0.907 bits per heavy atom. The van der Waals surface area contributed by atoms with E-state index in [0.29, 0.717) is 33.1 Å². The van der Waals surface area contributed by atoms with Crippen molar-refractivity contribution in [2.45, 2.75) is 96.8 Å². The second-order valence-electron chi connectivity index (χ2n) is 11.0. The SMILES string of the molecule is CCCCCCCCCCCCCCCC(=O)Nc1ccc2c(O)c(NC(=O)n3ncc4cc([N+](=O)[O-])ccc43)sc2c1. The number of nitrogens with one attached hydrogen (secondary N) is 2. The number of thiophene rings is 1. The maximum absolute atomic E-state index is 12.9. The van der Waals surface area contributed by atoms with Gasteiger partial charge in [0, 0.05) is 39.7 Å². The first-order valence-corrected chi connectivity index (χ1v) is 16.2. The lowest BCUT2D eigenvalue weighted by atomic mass is 10.0. The van der Waals surface area contributed by atoms with Crippen LogP contribution in [0.5, 0.6) is 5.75 Å². The zero-order valence-electron chi connectivity index (χ0n) is 24.8. The molecule has 4 aromatic rings. The van der Waals surface area contributed by atoms with Crippen LogP contribution in [0, 0.1) is 10.1 Å². The smallest absolute Gasteiger partial charge is 0.347 e. The molecule has 0 radical (unpaired) electrons. The summed E-state index contributed by atoms with van der Waals surface area (Å²) in [6, 6.07) is 8.71. The first-order valence-electron chi connectivity index (χ1n) is 15.4. The number of rotatable bonds is 17. The molecule has 0 aliphatic carbocycles. The number of hydrogen-bond acceptors (Lipinski definition) is 7. The normalized spacial score (nSPS) is 11.3. The number of nitrogens with zero attached hydrogens (tertiary/aromatic N) is 3. The van der Waals surface area contributed by atoms with Gasteiger partial charge in [-0.25, -0.2) is 4.79 Å². The Balaban J connectivity index is 1.20. The lowest BCUT2D eigenvalue weighted by Crippen LogP contribution is -2.19. The summed E-state index contributed by atoms with van der Waals surface area (Å²) in [6.45, 7) is 2.25. The maximum Gasteiger partial charge on any atom is 0.347 e. The zero-order valence-corrected chi connectivity index (χ0v) is 25.6. The fourth-order valence-corrected chi connectivity index (χ4v) is 6.24. The first-order chi connectivity index (χ1) is 20.9. The van der Waals surface area contributed by atoms with Crippen LogP contribution in [0.4, 0.5) is 21.2 Å². The lowest BCUT2D eigenvalue weighted by Gasteiger charge is -2.06. The number of anilines is 2. The van der Waals surface area contributed by atoms with Crippen LogP contribution in [0.3, 0.4) is 0 Å². The Morgan fingerprint density at radius 2 is 1.56 bits per heavy atom. The number of amides is 2. The highest BCUT2D eigenvalue weighted by Crippen LogP contribution is 2.42. The largest absolute Gasteiger partial charge is 0.504 e. The monoisotopic (exact) mass is 607 g/mol. The van der Waals surface area contributed by atoms with Crippen molar-refractivity contribution in [3.8, 4) is 5.75 Å². The summed E-state index contributed by atoms with van der Waals surface area (Å²) in [7, 11) is 0. The molecule has 2 heterocycles. The fourth-order valence-electron chi connectivity index (χ4n) is 5.22. The number of aromatic hydroxyl groups is 1. The Labute approximate surface area is 255 Å². The second-order valence-corrected chi connectivity index (χ2v) is 12.1. The predicted octanol–water partition coefficient (Wildman–Crippen LogP) is 9.36. The second kappa shape index (κ2) is 16.0. The molecule has 0 aliphatic heterocycles. The molecule has 0 saturated heterocycles. The van der Waals surface area contributed by atoms with Gasteiger partial charge in [0.05, 0.1) is 16.6 Å². The van der Waals surface area contributed by atoms with Crippen molar-refractivity contribution in [3.05, 3.63) is 52.7 Å². The quantitative estimate of drug-likeness (QED) is 0.0621. The van der Waals surface area contributed by atoms with Gasteiger partial charge in [-0.3, -0.25) is 20.2 Å². The van der Waals surface area contributed by atoms with Crippen molar-refractivity contribution in [1.82, 2.24) is 9.78 Å². The molecule has 11 heteroatoms. The molecule has 0 atom stereocenters. The van der Waals surface area contributed by atoms with Gasteiger partial charge in [-0.05, 0) is 30.7 Å². The number of carbonyl (C=O) groups excluding carboxylic acids is 2. The lowest BCUT2D eigenvalue weighted by molar-refractivity contribution is -0.384. The summed E-state index contributed by atoms with van der Waals surface area (Å²) in [4.78, 5) is 35.9. The summed E-state index contributed by atoms with van der Waals surface area (Å²) in [5, 5.41) is 32.6. The van der Waals surface area contributed by atoms with Crippen molar-refractivity contribution in [2.75, 3.05) is 10.6 Å². The van der Waals surface area contributed by atoms with E-state index in [4.69, 9.17) is 0 Å². The molecule has 2 aromatic carbocycles. The van der Waals surface area contributed by atoms with Gasteiger partial charge in [-0.15, -0.1) is 11.3 Å². The van der Waals surface area contributed by atoms with Crippen molar-refractivity contribution in [3.63, 3.8) is 0 Å². The van der Waals surface area contributed by atoms with Gasteiger partial charge in [-0.1, -0.05) is 84.0 Å². The molecule has 43 heavy (non-hydrogen) atoms. The third kappa shape index (κ3) is 9.00. The highest BCUT2D eigenvalue weighted by molar-refractivity contribution is 7.23. The van der Waals surface area contributed by atoms with Gasteiger partial charge in [-0.2, -0.15) is 9.78 Å². The van der Waals surface area contributed by atoms with Crippen molar-refractivity contribution >= 4 is 60.6 Å². The summed E-state index contributed by atoms with van der Waals surface area (Å²) in [5.74, 6) is -0.118. The van der Waals surface area contributed by atoms with Crippen LogP contribution in [-0.2, 0) is 4.79 Å². The number of benzene rings is 2. The van der Waals surface area contributed by atoms with E-state index in [9.17, 15) is 24.8 Å². The van der Waals surface area contributed by atoms with Crippen LogP contribution in [0.2, 0.25) is 0 Å². The molecule has 0 bridgehead atoms. The molecule has 4 rings (SSSR count). The summed E-state index contributed by atoms with van der Waals surface area (Å²) in [5.41, 5.74) is 0.935. The third-order valence-corrected chi connectivity index (χ3v) is 8.69. The Morgan fingerprint density at radius 3 is 2.21 bits per heavy atom. The van der Waals surface area contributed by atoms with Crippen LogP contribution < -0.4 is 10.6 Å². The van der Waals surface area contributed by atoms with Crippen LogP contribution in [-0.4, -0.2) is 31.7 Å². The number of aromatic nitrogens is 2. The third-order valence-electron chi connectivity index (χ3n) is 7.63. The molecule has 3 N–H and O–H groups in total. The van der Waals surface area contributed by atoms with Gasteiger partial charge >= 0.3 is 6.03 Å². The molecular weight excluding hydrogens is 566 g/mol. The van der Waals surface area contributed by atoms with Crippen LogP contribution in [0.1, 0.15) is 96.8 Å². The van der Waals surface area contributed by atoms with Crippen LogP contribution in [0.15, 0.2) is 42.6 Å². The number of unbranched alkanes of at least 4 members (excludes halogenated alkanes) is 12. The number of carbonyl (C=O) groups is 2. The maximum atomic E-state index is 12.9. The number of nitro benzene ring substituents is 1. The number of fused-ring (bicyclic) bond motifs is 2. The molecule has 0 unspecified atom stereocenters. The van der Waals surface area contributed by atoms with Crippen LogP contribution in [0.25, 0.3) is 21.0 Å². The van der Waals surface area contributed by atoms with Gasteiger partial charge in [0.2, 0.25) is 5.91 Å². The van der Waals surface area contributed by atoms with E-state index in [1.165, 1.54) is 99.9 Å². The minimum atomic E-state index is -0.614. The van der Waals surface area contributed by atoms with Gasteiger partial charge in [0.1, 0.15) is 5.00 Å². The van der Waals surface area contributed by atoms with E-state index in [1.807, 2.05) is 0 Å². The fraction of sp³-hybridized carbons (Fsp3) is 0.469. The standard InChI is InChI=1S/C32H41N5O5S/c1-2-3-4-5-6-7-8-9-10-11-12-13-14-15-29(38)34-24-16-18-26-28(21-24)43-31(30(26)39)35-32(40)36-27-19-17-25(37(41)42)20-23(27)22-33-36/h16-22,39H,2-15H2,1H3,(H,34,38)(H,35,40). The van der Waals surface area contributed by atoms with Gasteiger partial charge in [0.25, 0.3) is 5.69 Å². The summed E-state index contributed by atoms with van der Waals surface area (Å²) < 4.78 is 1.79. The molecule has 10 nitrogen and oxygen atoms in total. The Hall–Kier alpha value is -3.99. The molecule has 0 saturated carbocycles. The van der Waals surface area contributed by atoms with Gasteiger partial charge in [0.15, 0.2) is 5.75 Å². The molecule has 2 aromatic heterocycles. The van der Waals surface area contributed by atoms with E-state index in [1.54, 1.807) is 18.2 Å². The van der Waals surface area contributed by atoms with E-state index in [2.05, 4.69) is 22.7 Å². The molecule has 2 amide bonds. The van der Waals surface area contributed by atoms with E-state index in [-0.39, 0.29) is 22.3 Å². The summed E-state index contributed by atoms with van der Waals surface area (Å²) >= 11 is 1.18. The predicted molar refractivity (Wildman–Crippen MR) is 173 cm³/mol. The number of non-ortho nitro benzene ring substituents is 1. The minimum absolute atomic E-state index is 0.0393. The number of hydrogen-bond donors (Lipinski definition) is 3. The van der Waals surface area contributed by atoms with Crippen molar-refractivity contribution in [2.24, 2.45) is 0 Å². The van der Waals surface area contributed by atoms with Crippen molar-refractivity contribution < 1.29 is 19.6 Å². The molecule has 0 fully saturated rings. The Kier molecular flexibility index (Phi) is 11.9. The van der Waals surface area contributed by atoms with Crippen LogP contribution >= 0.6 is 11.3 Å². The average molecular weight is 608 g/mol. The average Bonchev–Trinajstić information content (AvgIpc) is 3.55. The van der Waals surface area contributed by atoms with Gasteiger partial charge < -0.3 is 10.4 Å². The minimum Gasteiger partial charge on any atom is -0.504 e. The summed E-state index contributed by atoms with van der Waals surface area (Å²) in [6.07, 6.45) is 18.2. The highest BCUT2D eigenvalue weighted by Gasteiger charge is 2.18. The number of nitro groups is 1. The highest BCUT2D eigenvalue weighted by atomic mass is 32.1. The molecule has 0 aliphatic rings. The first kappa shape index (κ1) is 31.9. The Bertz CT molecular complexity index is 1550. The van der Waals surface area contributed by atoms with Crippen molar-refractivity contribution in [1.29, 1.82) is 0 Å².